The standard InChI is InChI=1S/C18H23N3O5S/c19-9-8-17(22)20-12-14-3-1-2-10-21(14)27(24,25)15-5-6-16-13(11-15)4-7-18(23)26-16/h4-7,11,14H,1-3,8-10,12,19H2,(H,20,22). The zero-order valence-electron chi connectivity index (χ0n) is 14.9. The predicted molar refractivity (Wildman–Crippen MR) is 101 cm³/mol. The summed E-state index contributed by atoms with van der Waals surface area (Å²) in [4.78, 5) is 23.1. The number of nitrogens with zero attached hydrogens (tertiary/aromatic N) is 1. The summed E-state index contributed by atoms with van der Waals surface area (Å²) >= 11 is 0. The van der Waals surface area contributed by atoms with Crippen molar-refractivity contribution in [3.63, 3.8) is 0 Å². The Morgan fingerprint density at radius 1 is 1.26 bits per heavy atom. The molecule has 1 unspecified atom stereocenters. The largest absolute Gasteiger partial charge is 0.423 e. The summed E-state index contributed by atoms with van der Waals surface area (Å²) in [6.45, 7) is 0.925. The van der Waals surface area contributed by atoms with Gasteiger partial charge in [0.25, 0.3) is 0 Å². The molecule has 0 radical (unpaired) electrons. The van der Waals surface area contributed by atoms with E-state index in [4.69, 9.17) is 10.2 Å². The second-order valence-corrected chi connectivity index (χ2v) is 8.45. The van der Waals surface area contributed by atoms with Gasteiger partial charge >= 0.3 is 5.63 Å². The number of carbonyl (C=O) groups excluding carboxylic acids is 1. The molecular formula is C18H23N3O5S. The lowest BCUT2D eigenvalue weighted by Crippen LogP contribution is -2.49. The first-order valence-electron chi connectivity index (χ1n) is 8.94. The number of nitrogens with two attached hydrogens (primary N) is 1. The normalized spacial score (nSPS) is 18.5. The minimum absolute atomic E-state index is 0.143. The van der Waals surface area contributed by atoms with Crippen LogP contribution in [0, 0.1) is 0 Å². The Morgan fingerprint density at radius 3 is 2.85 bits per heavy atom. The van der Waals surface area contributed by atoms with Crippen LogP contribution in [0.1, 0.15) is 25.7 Å². The van der Waals surface area contributed by atoms with Crippen molar-refractivity contribution < 1.29 is 17.6 Å². The molecule has 1 atom stereocenters. The molecule has 8 nitrogen and oxygen atoms in total. The Hall–Kier alpha value is -2.23. The minimum Gasteiger partial charge on any atom is -0.423 e. The highest BCUT2D eigenvalue weighted by Gasteiger charge is 2.33. The van der Waals surface area contributed by atoms with E-state index in [1.807, 2.05) is 0 Å². The van der Waals surface area contributed by atoms with Crippen LogP contribution < -0.4 is 16.7 Å². The maximum Gasteiger partial charge on any atom is 0.336 e. The molecule has 27 heavy (non-hydrogen) atoms. The highest BCUT2D eigenvalue weighted by molar-refractivity contribution is 7.89. The monoisotopic (exact) mass is 393 g/mol. The third kappa shape index (κ3) is 4.37. The first-order chi connectivity index (χ1) is 12.9. The average molecular weight is 393 g/mol. The highest BCUT2D eigenvalue weighted by Crippen LogP contribution is 2.27. The molecule has 0 spiro atoms. The second kappa shape index (κ2) is 8.20. The molecule has 1 amide bonds. The zero-order chi connectivity index (χ0) is 19.4. The summed E-state index contributed by atoms with van der Waals surface area (Å²) in [6.07, 6.45) is 2.58. The van der Waals surface area contributed by atoms with Crippen molar-refractivity contribution in [2.75, 3.05) is 19.6 Å². The van der Waals surface area contributed by atoms with Gasteiger partial charge in [0.1, 0.15) is 5.58 Å². The summed E-state index contributed by atoms with van der Waals surface area (Å²) in [5.74, 6) is -0.179. The molecule has 0 bridgehead atoms. The van der Waals surface area contributed by atoms with E-state index in [9.17, 15) is 18.0 Å². The van der Waals surface area contributed by atoms with Crippen molar-refractivity contribution in [1.82, 2.24) is 9.62 Å². The quantitative estimate of drug-likeness (QED) is 0.700. The molecule has 2 aromatic rings. The molecule has 3 N–H and O–H groups in total. The molecule has 9 heteroatoms. The van der Waals surface area contributed by atoms with Gasteiger partial charge in [-0.25, -0.2) is 13.2 Å². The smallest absolute Gasteiger partial charge is 0.336 e. The Bertz CT molecular complexity index is 986. The zero-order valence-corrected chi connectivity index (χ0v) is 15.7. The molecule has 1 aromatic carbocycles. The van der Waals surface area contributed by atoms with Crippen LogP contribution in [0.4, 0.5) is 0 Å². The van der Waals surface area contributed by atoms with Crippen LogP contribution in [-0.4, -0.2) is 44.3 Å². The van der Waals surface area contributed by atoms with E-state index >= 15 is 0 Å². The molecule has 0 aliphatic carbocycles. The first kappa shape index (κ1) is 19.5. The van der Waals surface area contributed by atoms with Gasteiger partial charge in [0, 0.05) is 43.5 Å². The van der Waals surface area contributed by atoms with Gasteiger partial charge in [0.15, 0.2) is 0 Å². The van der Waals surface area contributed by atoms with Crippen molar-refractivity contribution in [1.29, 1.82) is 0 Å². The fourth-order valence-electron chi connectivity index (χ4n) is 3.29. The Kier molecular flexibility index (Phi) is 5.93. The Morgan fingerprint density at radius 2 is 2.07 bits per heavy atom. The van der Waals surface area contributed by atoms with Gasteiger partial charge in [-0.3, -0.25) is 4.79 Å². The number of carbonyl (C=O) groups is 1. The van der Waals surface area contributed by atoms with E-state index in [1.54, 1.807) is 6.07 Å². The van der Waals surface area contributed by atoms with E-state index in [0.29, 0.717) is 23.9 Å². The van der Waals surface area contributed by atoms with E-state index < -0.39 is 15.6 Å². The fourth-order valence-corrected chi connectivity index (χ4v) is 5.02. The number of sulfonamides is 1. The van der Waals surface area contributed by atoms with E-state index in [-0.39, 0.29) is 36.4 Å². The van der Waals surface area contributed by atoms with Crippen LogP contribution in [0.15, 0.2) is 44.4 Å². The average Bonchev–Trinajstić information content (AvgIpc) is 2.66. The summed E-state index contributed by atoms with van der Waals surface area (Å²) < 4.78 is 32.9. The summed E-state index contributed by atoms with van der Waals surface area (Å²) in [5.41, 5.74) is 5.23. The SMILES string of the molecule is NCCC(=O)NCC1CCCCN1S(=O)(=O)c1ccc2oc(=O)ccc2c1. The van der Waals surface area contributed by atoms with Crippen molar-refractivity contribution in [2.45, 2.75) is 36.6 Å². The molecule has 0 saturated carbocycles. The lowest BCUT2D eigenvalue weighted by Gasteiger charge is -2.34. The summed E-state index contributed by atoms with van der Waals surface area (Å²) in [7, 11) is -3.74. The van der Waals surface area contributed by atoms with E-state index in [0.717, 1.165) is 12.8 Å². The third-order valence-electron chi connectivity index (χ3n) is 4.68. The third-order valence-corrected chi connectivity index (χ3v) is 6.62. The van der Waals surface area contributed by atoms with E-state index in [2.05, 4.69) is 5.32 Å². The Labute approximate surface area is 157 Å². The first-order valence-corrected chi connectivity index (χ1v) is 10.4. The van der Waals surface area contributed by atoms with Crippen LogP contribution in [0.25, 0.3) is 11.0 Å². The van der Waals surface area contributed by atoms with Crippen molar-refractivity contribution in [2.24, 2.45) is 5.73 Å². The molecule has 1 fully saturated rings. The number of hydrogen-bond acceptors (Lipinski definition) is 6. The Balaban J connectivity index is 1.85. The molecule has 2 heterocycles. The number of amides is 1. The van der Waals surface area contributed by atoms with Crippen LogP contribution in [0.3, 0.4) is 0 Å². The lowest BCUT2D eigenvalue weighted by molar-refractivity contribution is -0.121. The highest BCUT2D eigenvalue weighted by atomic mass is 32.2. The van der Waals surface area contributed by atoms with Gasteiger partial charge < -0.3 is 15.5 Å². The second-order valence-electron chi connectivity index (χ2n) is 6.56. The van der Waals surface area contributed by atoms with Gasteiger partial charge in [-0.1, -0.05) is 6.42 Å². The molecule has 146 valence electrons. The summed E-state index contributed by atoms with van der Waals surface area (Å²) in [6, 6.07) is 6.95. The van der Waals surface area contributed by atoms with Gasteiger partial charge in [-0.2, -0.15) is 4.31 Å². The van der Waals surface area contributed by atoms with Crippen LogP contribution in [-0.2, 0) is 14.8 Å². The molecule has 1 aromatic heterocycles. The fraction of sp³-hybridized carbons (Fsp3) is 0.444. The van der Waals surface area contributed by atoms with Crippen molar-refractivity contribution in [3.8, 4) is 0 Å². The predicted octanol–water partition coefficient (Wildman–Crippen LogP) is 0.801. The number of nitrogens with one attached hydrogen (secondary N) is 1. The van der Waals surface area contributed by atoms with Gasteiger partial charge in [0.05, 0.1) is 4.90 Å². The lowest BCUT2D eigenvalue weighted by atomic mass is 10.1. The van der Waals surface area contributed by atoms with Gasteiger partial charge in [0.2, 0.25) is 15.9 Å². The molecule has 1 aliphatic rings. The molecular weight excluding hydrogens is 370 g/mol. The number of piperidine rings is 1. The van der Waals surface area contributed by atoms with Crippen molar-refractivity contribution in [3.05, 3.63) is 40.8 Å². The van der Waals surface area contributed by atoms with Crippen LogP contribution in [0.2, 0.25) is 0 Å². The molecule has 3 rings (SSSR count). The maximum absolute atomic E-state index is 13.2. The van der Waals surface area contributed by atoms with Gasteiger partial charge in [-0.05, 0) is 37.1 Å². The molecule has 1 saturated heterocycles. The topological polar surface area (TPSA) is 123 Å². The minimum atomic E-state index is -3.74. The van der Waals surface area contributed by atoms with Gasteiger partial charge in [-0.15, -0.1) is 0 Å². The maximum atomic E-state index is 13.2. The van der Waals surface area contributed by atoms with Crippen LogP contribution in [0.5, 0.6) is 0 Å². The number of hydrogen-bond donors (Lipinski definition) is 2. The van der Waals surface area contributed by atoms with Crippen LogP contribution >= 0.6 is 0 Å². The summed E-state index contributed by atoms with van der Waals surface area (Å²) in [5, 5.41) is 3.31. The number of rotatable bonds is 6. The number of fused-ring (bicyclic) bond motifs is 1. The number of benzene rings is 1. The van der Waals surface area contributed by atoms with E-state index in [1.165, 1.54) is 28.6 Å². The molecule has 1 aliphatic heterocycles. The van der Waals surface area contributed by atoms with Crippen molar-refractivity contribution >= 4 is 26.9 Å².